The van der Waals surface area contributed by atoms with Gasteiger partial charge in [-0.3, -0.25) is 9.59 Å². The Morgan fingerprint density at radius 3 is 2.00 bits per heavy atom. The van der Waals surface area contributed by atoms with Crippen LogP contribution in [0.2, 0.25) is 0 Å². The van der Waals surface area contributed by atoms with Crippen molar-refractivity contribution in [2.75, 3.05) is 26.7 Å². The highest BCUT2D eigenvalue weighted by Crippen LogP contribution is 2.64. The molecule has 1 fully saturated rings. The van der Waals surface area contributed by atoms with Gasteiger partial charge in [0.05, 0.1) is 12.0 Å². The minimum Gasteiger partial charge on any atom is -0.342 e. The predicted molar refractivity (Wildman–Crippen MR) is 72.7 cm³/mol. The lowest BCUT2D eigenvalue weighted by molar-refractivity contribution is -0.142. The van der Waals surface area contributed by atoms with E-state index in [1.807, 2.05) is 13.8 Å². The van der Waals surface area contributed by atoms with Crippen LogP contribution in [-0.4, -0.2) is 52.6 Å². The third-order valence-electron chi connectivity index (χ3n) is 3.57. The SMILES string of the molecule is CCN(CC)C(=O)CN(C)C(=O)C1(C)CC1(Cl)Cl. The third kappa shape index (κ3) is 2.75. The zero-order valence-electron chi connectivity index (χ0n) is 11.3. The summed E-state index contributed by atoms with van der Waals surface area (Å²) >= 11 is 11.9. The third-order valence-corrected chi connectivity index (χ3v) is 4.67. The normalized spacial score (nSPS) is 24.6. The predicted octanol–water partition coefficient (Wildman–Crippen LogP) is 1.90. The standard InChI is InChI=1S/C12H20Cl2N2O2/c1-5-16(6-2)9(17)7-15(4)10(18)11(3)8-12(11,13)14/h5-8H2,1-4H3. The Balaban J connectivity index is 2.59. The van der Waals surface area contributed by atoms with Crippen molar-refractivity contribution < 1.29 is 9.59 Å². The average molecular weight is 295 g/mol. The molecule has 1 aliphatic carbocycles. The molecule has 0 aromatic heterocycles. The number of amides is 2. The smallest absolute Gasteiger partial charge is 0.242 e. The van der Waals surface area contributed by atoms with Crippen molar-refractivity contribution >= 4 is 35.0 Å². The molecule has 1 aliphatic rings. The summed E-state index contributed by atoms with van der Waals surface area (Å²) < 4.78 is -0.989. The van der Waals surface area contributed by atoms with E-state index in [9.17, 15) is 9.59 Å². The van der Waals surface area contributed by atoms with Gasteiger partial charge in [0.1, 0.15) is 4.33 Å². The molecule has 0 radical (unpaired) electrons. The van der Waals surface area contributed by atoms with Crippen LogP contribution < -0.4 is 0 Å². The van der Waals surface area contributed by atoms with Gasteiger partial charge in [-0.15, -0.1) is 23.2 Å². The molecular formula is C12H20Cl2N2O2. The van der Waals surface area contributed by atoms with E-state index in [1.165, 1.54) is 4.90 Å². The van der Waals surface area contributed by atoms with Gasteiger partial charge in [-0.25, -0.2) is 0 Å². The van der Waals surface area contributed by atoms with Crippen molar-refractivity contribution in [1.82, 2.24) is 9.80 Å². The van der Waals surface area contributed by atoms with Crippen molar-refractivity contribution in [2.24, 2.45) is 5.41 Å². The molecule has 1 rings (SSSR count). The number of likely N-dealkylation sites (N-methyl/N-ethyl adjacent to an activating group) is 2. The lowest BCUT2D eigenvalue weighted by atomic mass is 10.1. The molecule has 0 bridgehead atoms. The van der Waals surface area contributed by atoms with Crippen LogP contribution >= 0.6 is 23.2 Å². The molecule has 4 nitrogen and oxygen atoms in total. The average Bonchev–Trinajstić information content (AvgIpc) is 2.79. The molecule has 0 N–H and O–H groups in total. The van der Waals surface area contributed by atoms with Crippen LogP contribution in [0.15, 0.2) is 0 Å². The molecule has 104 valence electrons. The number of carbonyl (C=O) groups excluding carboxylic acids is 2. The fourth-order valence-corrected chi connectivity index (χ4v) is 2.70. The Kier molecular flexibility index (Phi) is 4.55. The number of carbonyl (C=O) groups is 2. The number of hydrogen-bond acceptors (Lipinski definition) is 2. The van der Waals surface area contributed by atoms with E-state index in [-0.39, 0.29) is 18.4 Å². The lowest BCUT2D eigenvalue weighted by Crippen LogP contribution is -2.43. The molecule has 18 heavy (non-hydrogen) atoms. The second-order valence-electron chi connectivity index (χ2n) is 4.94. The fraction of sp³-hybridized carbons (Fsp3) is 0.833. The molecule has 0 heterocycles. The first-order valence-electron chi connectivity index (χ1n) is 6.10. The first-order valence-corrected chi connectivity index (χ1v) is 6.86. The molecule has 0 aromatic carbocycles. The van der Waals surface area contributed by atoms with Gasteiger partial charge in [-0.2, -0.15) is 0 Å². The topological polar surface area (TPSA) is 40.6 Å². The van der Waals surface area contributed by atoms with Gasteiger partial charge in [-0.1, -0.05) is 0 Å². The minimum absolute atomic E-state index is 0.0603. The Morgan fingerprint density at radius 1 is 1.22 bits per heavy atom. The van der Waals surface area contributed by atoms with E-state index in [1.54, 1.807) is 18.9 Å². The summed E-state index contributed by atoms with van der Waals surface area (Å²) in [6, 6.07) is 0. The molecule has 0 spiro atoms. The Labute approximate surface area is 118 Å². The van der Waals surface area contributed by atoms with Crippen LogP contribution in [0.1, 0.15) is 27.2 Å². The van der Waals surface area contributed by atoms with Crippen LogP contribution in [0.3, 0.4) is 0 Å². The summed E-state index contributed by atoms with van der Waals surface area (Å²) in [5, 5.41) is 0. The van der Waals surface area contributed by atoms with Crippen LogP contribution in [-0.2, 0) is 9.59 Å². The molecule has 6 heteroatoms. The second-order valence-corrected chi connectivity index (χ2v) is 6.42. The fourth-order valence-electron chi connectivity index (χ4n) is 2.00. The summed E-state index contributed by atoms with van der Waals surface area (Å²) in [6.07, 6.45) is 0.436. The summed E-state index contributed by atoms with van der Waals surface area (Å²) in [6.45, 7) is 6.91. The Hall–Kier alpha value is -0.480. The molecule has 0 aromatic rings. The highest BCUT2D eigenvalue weighted by atomic mass is 35.5. The molecule has 1 saturated carbocycles. The monoisotopic (exact) mass is 294 g/mol. The van der Waals surface area contributed by atoms with E-state index in [4.69, 9.17) is 23.2 Å². The van der Waals surface area contributed by atoms with E-state index in [2.05, 4.69) is 0 Å². The van der Waals surface area contributed by atoms with Crippen molar-refractivity contribution in [2.45, 2.75) is 31.5 Å². The van der Waals surface area contributed by atoms with Crippen molar-refractivity contribution in [3.05, 3.63) is 0 Å². The summed E-state index contributed by atoms with van der Waals surface area (Å²) in [5.41, 5.74) is -0.756. The van der Waals surface area contributed by atoms with Gasteiger partial charge in [0.25, 0.3) is 0 Å². The first kappa shape index (κ1) is 15.6. The number of hydrogen-bond donors (Lipinski definition) is 0. The number of halogens is 2. The van der Waals surface area contributed by atoms with Crippen LogP contribution in [0.5, 0.6) is 0 Å². The van der Waals surface area contributed by atoms with E-state index in [0.29, 0.717) is 19.5 Å². The van der Waals surface area contributed by atoms with Gasteiger partial charge in [0, 0.05) is 20.1 Å². The van der Waals surface area contributed by atoms with Crippen molar-refractivity contribution in [3.63, 3.8) is 0 Å². The minimum atomic E-state index is -0.989. The van der Waals surface area contributed by atoms with Crippen molar-refractivity contribution in [1.29, 1.82) is 0 Å². The van der Waals surface area contributed by atoms with Crippen molar-refractivity contribution in [3.8, 4) is 0 Å². The van der Waals surface area contributed by atoms with Crippen LogP contribution in [0.25, 0.3) is 0 Å². The molecule has 1 unspecified atom stereocenters. The lowest BCUT2D eigenvalue weighted by Gasteiger charge is -2.25. The van der Waals surface area contributed by atoms with Crippen LogP contribution in [0, 0.1) is 5.41 Å². The number of nitrogens with zero attached hydrogens (tertiary/aromatic N) is 2. The van der Waals surface area contributed by atoms with E-state index in [0.717, 1.165) is 0 Å². The van der Waals surface area contributed by atoms with Gasteiger partial charge in [0.2, 0.25) is 11.8 Å². The highest BCUT2D eigenvalue weighted by Gasteiger charge is 2.68. The Bertz CT molecular complexity index is 356. The zero-order valence-corrected chi connectivity index (χ0v) is 12.8. The molecule has 0 aliphatic heterocycles. The van der Waals surface area contributed by atoms with Gasteiger partial charge >= 0.3 is 0 Å². The largest absolute Gasteiger partial charge is 0.342 e. The summed E-state index contributed by atoms with van der Waals surface area (Å²) in [4.78, 5) is 27.2. The summed E-state index contributed by atoms with van der Waals surface area (Å²) in [7, 11) is 1.61. The van der Waals surface area contributed by atoms with E-state index >= 15 is 0 Å². The maximum absolute atomic E-state index is 12.2. The maximum Gasteiger partial charge on any atom is 0.242 e. The summed E-state index contributed by atoms with van der Waals surface area (Å²) in [5.74, 6) is -0.233. The Morgan fingerprint density at radius 2 is 1.67 bits per heavy atom. The molecule has 1 atom stereocenters. The first-order chi connectivity index (χ1) is 8.19. The highest BCUT2D eigenvalue weighted by molar-refractivity contribution is 6.53. The number of rotatable bonds is 5. The van der Waals surface area contributed by atoms with Crippen LogP contribution in [0.4, 0.5) is 0 Å². The second kappa shape index (κ2) is 5.25. The zero-order chi connectivity index (χ0) is 14.1. The van der Waals surface area contributed by atoms with Gasteiger partial charge in [-0.05, 0) is 27.2 Å². The molecular weight excluding hydrogens is 275 g/mol. The molecule has 2 amide bonds. The van der Waals surface area contributed by atoms with Gasteiger partial charge < -0.3 is 9.80 Å². The van der Waals surface area contributed by atoms with Gasteiger partial charge in [0.15, 0.2) is 0 Å². The maximum atomic E-state index is 12.2. The number of alkyl halides is 2. The van der Waals surface area contributed by atoms with E-state index < -0.39 is 9.75 Å². The quantitative estimate of drug-likeness (QED) is 0.727. The molecule has 0 saturated heterocycles.